The summed E-state index contributed by atoms with van der Waals surface area (Å²) < 4.78 is 27.0. The zero-order valence-electron chi connectivity index (χ0n) is 9.51. The average molecular weight is 247 g/mol. The third kappa shape index (κ3) is 4.73. The Labute approximate surface area is 95.3 Å². The molecule has 1 heterocycles. The summed E-state index contributed by atoms with van der Waals surface area (Å²) in [5, 5.41) is 3.75. The molecule has 0 radical (unpaired) electrons. The Hall–Kier alpha value is -0.920. The average Bonchev–Trinajstić information content (AvgIpc) is 2.61. The first-order valence-corrected chi connectivity index (χ1v) is 6.97. The first-order valence-electron chi connectivity index (χ1n) is 4.91. The van der Waals surface area contributed by atoms with Crippen LogP contribution in [0.15, 0.2) is 10.6 Å². The quantitative estimate of drug-likeness (QED) is 0.736. The normalized spacial score (nSPS) is 12.2. The Balaban J connectivity index is 2.42. The van der Waals surface area contributed by atoms with Crippen LogP contribution in [0.3, 0.4) is 0 Å². The van der Waals surface area contributed by atoms with Gasteiger partial charge < -0.3 is 10.3 Å². The zero-order chi connectivity index (χ0) is 12.2. The molecule has 7 heteroatoms. The molecule has 0 aliphatic heterocycles. The van der Waals surface area contributed by atoms with Gasteiger partial charge in [0.1, 0.15) is 9.84 Å². The summed E-state index contributed by atoms with van der Waals surface area (Å²) in [6.07, 6.45) is 1.22. The van der Waals surface area contributed by atoms with Gasteiger partial charge in [-0.15, -0.1) is 0 Å². The Morgan fingerprint density at radius 1 is 1.56 bits per heavy atom. The molecule has 1 aromatic heterocycles. The minimum Gasteiger partial charge on any atom is -0.360 e. The fourth-order valence-electron chi connectivity index (χ4n) is 1.19. The molecule has 16 heavy (non-hydrogen) atoms. The molecule has 0 aliphatic carbocycles. The molecular weight excluding hydrogens is 230 g/mol. The highest BCUT2D eigenvalue weighted by Crippen LogP contribution is 2.05. The molecule has 0 saturated carbocycles. The molecule has 2 N–H and O–H groups in total. The number of nitrogens with two attached hydrogens (primary N) is 1. The maximum atomic E-state index is 11.0. The molecular formula is C9H17N3O3S. The maximum absolute atomic E-state index is 11.0. The minimum atomic E-state index is -2.92. The summed E-state index contributed by atoms with van der Waals surface area (Å²) in [5.41, 5.74) is 6.09. The third-order valence-corrected chi connectivity index (χ3v) is 3.01. The summed E-state index contributed by atoms with van der Waals surface area (Å²) in [7, 11) is -1.09. The van der Waals surface area contributed by atoms with Crippen molar-refractivity contribution >= 4 is 9.84 Å². The zero-order valence-corrected chi connectivity index (χ0v) is 10.3. The lowest BCUT2D eigenvalue weighted by Crippen LogP contribution is -2.24. The molecule has 6 nitrogen and oxygen atoms in total. The lowest BCUT2D eigenvalue weighted by molar-refractivity contribution is 0.282. The highest BCUT2D eigenvalue weighted by molar-refractivity contribution is 7.90. The molecule has 0 amide bonds. The van der Waals surface area contributed by atoms with Crippen LogP contribution < -0.4 is 5.73 Å². The standard InChI is InChI=1S/C9H17N3O3S/c1-12(3-4-16(2,13)14)7-9-5-8(6-10)11-15-9/h5H,3-4,6-7,10H2,1-2H3. The van der Waals surface area contributed by atoms with Crippen molar-refractivity contribution in [3.63, 3.8) is 0 Å². The van der Waals surface area contributed by atoms with E-state index in [-0.39, 0.29) is 5.75 Å². The van der Waals surface area contributed by atoms with Crippen LogP contribution in [-0.2, 0) is 22.9 Å². The monoisotopic (exact) mass is 247 g/mol. The molecule has 0 fully saturated rings. The first-order chi connectivity index (χ1) is 7.40. The van der Waals surface area contributed by atoms with Crippen LogP contribution in [0, 0.1) is 0 Å². The number of hydrogen-bond acceptors (Lipinski definition) is 6. The Kier molecular flexibility index (Phi) is 4.45. The van der Waals surface area contributed by atoms with Gasteiger partial charge in [0.2, 0.25) is 0 Å². The lowest BCUT2D eigenvalue weighted by atomic mass is 10.3. The van der Waals surface area contributed by atoms with Gasteiger partial charge in [-0.1, -0.05) is 5.16 Å². The van der Waals surface area contributed by atoms with Crippen molar-refractivity contribution in [1.29, 1.82) is 0 Å². The second-order valence-electron chi connectivity index (χ2n) is 3.86. The predicted octanol–water partition coefficient (Wildman–Crippen LogP) is -0.390. The van der Waals surface area contributed by atoms with Gasteiger partial charge in [-0.2, -0.15) is 0 Å². The van der Waals surface area contributed by atoms with Gasteiger partial charge >= 0.3 is 0 Å². The molecule has 0 atom stereocenters. The van der Waals surface area contributed by atoms with Crippen LogP contribution in [0.5, 0.6) is 0 Å². The van der Waals surface area contributed by atoms with Gasteiger partial charge in [0.25, 0.3) is 0 Å². The fraction of sp³-hybridized carbons (Fsp3) is 0.667. The van der Waals surface area contributed by atoms with Crippen molar-refractivity contribution in [3.05, 3.63) is 17.5 Å². The van der Waals surface area contributed by atoms with E-state index in [1.165, 1.54) is 6.26 Å². The molecule has 0 saturated heterocycles. The van der Waals surface area contributed by atoms with Gasteiger partial charge in [-0.05, 0) is 7.05 Å². The summed E-state index contributed by atoms with van der Waals surface area (Å²) in [6, 6.07) is 1.77. The van der Waals surface area contributed by atoms with E-state index in [4.69, 9.17) is 10.3 Å². The van der Waals surface area contributed by atoms with Crippen molar-refractivity contribution in [2.45, 2.75) is 13.1 Å². The van der Waals surface area contributed by atoms with Gasteiger partial charge in [0, 0.05) is 25.4 Å². The number of rotatable bonds is 6. The van der Waals surface area contributed by atoms with Crippen LogP contribution in [0.25, 0.3) is 0 Å². The predicted molar refractivity (Wildman–Crippen MR) is 60.4 cm³/mol. The van der Waals surface area contributed by atoms with Crippen LogP contribution in [-0.4, -0.2) is 44.1 Å². The third-order valence-electron chi connectivity index (χ3n) is 2.09. The first kappa shape index (κ1) is 13.1. The van der Waals surface area contributed by atoms with Crippen LogP contribution in [0.4, 0.5) is 0 Å². The highest BCUT2D eigenvalue weighted by Gasteiger charge is 2.09. The minimum absolute atomic E-state index is 0.140. The van der Waals surface area contributed by atoms with Crippen molar-refractivity contribution in [2.24, 2.45) is 5.73 Å². The maximum Gasteiger partial charge on any atom is 0.151 e. The fourth-order valence-corrected chi connectivity index (χ4v) is 1.84. The van der Waals surface area contributed by atoms with Gasteiger partial charge in [-0.3, -0.25) is 4.90 Å². The molecule has 0 bridgehead atoms. The SMILES string of the molecule is CN(CCS(C)(=O)=O)Cc1cc(CN)no1. The molecule has 0 aliphatic rings. The summed E-state index contributed by atoms with van der Waals surface area (Å²) in [4.78, 5) is 1.86. The second-order valence-corrected chi connectivity index (χ2v) is 6.12. The lowest BCUT2D eigenvalue weighted by Gasteiger charge is -2.13. The van der Waals surface area contributed by atoms with Crippen molar-refractivity contribution < 1.29 is 12.9 Å². The van der Waals surface area contributed by atoms with Crippen LogP contribution >= 0.6 is 0 Å². The van der Waals surface area contributed by atoms with E-state index in [1.54, 1.807) is 6.07 Å². The second kappa shape index (κ2) is 5.42. The summed E-state index contributed by atoms with van der Waals surface area (Å²) >= 11 is 0. The van der Waals surface area contributed by atoms with Crippen LogP contribution in [0.1, 0.15) is 11.5 Å². The molecule has 1 rings (SSSR count). The topological polar surface area (TPSA) is 89.4 Å². The van der Waals surface area contributed by atoms with E-state index in [2.05, 4.69) is 5.16 Å². The highest BCUT2D eigenvalue weighted by atomic mass is 32.2. The number of sulfone groups is 1. The number of hydrogen-bond donors (Lipinski definition) is 1. The van der Waals surface area contributed by atoms with Crippen molar-refractivity contribution in [1.82, 2.24) is 10.1 Å². The summed E-state index contributed by atoms with van der Waals surface area (Å²) in [5.74, 6) is 0.831. The molecule has 0 aromatic carbocycles. The van der Waals surface area contributed by atoms with Gasteiger partial charge in [-0.25, -0.2) is 8.42 Å². The smallest absolute Gasteiger partial charge is 0.151 e. The molecule has 92 valence electrons. The molecule has 0 spiro atoms. The number of aromatic nitrogens is 1. The Bertz CT molecular complexity index is 427. The van der Waals surface area contributed by atoms with Gasteiger partial charge in [0.15, 0.2) is 5.76 Å². The Morgan fingerprint density at radius 3 is 2.75 bits per heavy atom. The van der Waals surface area contributed by atoms with E-state index in [1.807, 2.05) is 11.9 Å². The Morgan fingerprint density at radius 2 is 2.25 bits per heavy atom. The van der Waals surface area contributed by atoms with E-state index in [0.29, 0.717) is 31.1 Å². The van der Waals surface area contributed by atoms with Crippen LogP contribution in [0.2, 0.25) is 0 Å². The van der Waals surface area contributed by atoms with Crippen molar-refractivity contribution in [3.8, 4) is 0 Å². The van der Waals surface area contributed by atoms with E-state index in [0.717, 1.165) is 0 Å². The largest absolute Gasteiger partial charge is 0.360 e. The van der Waals surface area contributed by atoms with Crippen molar-refractivity contribution in [2.75, 3.05) is 25.6 Å². The summed E-state index contributed by atoms with van der Waals surface area (Å²) in [6.45, 7) is 1.34. The van der Waals surface area contributed by atoms with E-state index in [9.17, 15) is 8.42 Å². The molecule has 1 aromatic rings. The van der Waals surface area contributed by atoms with E-state index >= 15 is 0 Å². The number of nitrogens with zero attached hydrogens (tertiary/aromatic N) is 2. The molecule has 0 unspecified atom stereocenters. The van der Waals surface area contributed by atoms with Gasteiger partial charge in [0.05, 0.1) is 18.0 Å². The van der Waals surface area contributed by atoms with E-state index < -0.39 is 9.84 Å².